The maximum atomic E-state index is 2.67. The van der Waals surface area contributed by atoms with Gasteiger partial charge in [-0.25, -0.2) is 0 Å². The summed E-state index contributed by atoms with van der Waals surface area (Å²) in [5, 5.41) is 5.60. The number of hydrogen-bond donors (Lipinski definition) is 1. The molecule has 6 aromatic rings. The van der Waals surface area contributed by atoms with Gasteiger partial charge >= 0.3 is 0 Å². The topological polar surface area (TPSA) is 16.6 Å². The zero-order chi connectivity index (χ0) is 37.3. The summed E-state index contributed by atoms with van der Waals surface area (Å²) in [6, 6.07) is 46.4. The van der Waals surface area contributed by atoms with Gasteiger partial charge in [0.1, 0.15) is 0 Å². The number of quaternary nitrogens is 1. The summed E-state index contributed by atoms with van der Waals surface area (Å²) in [5.41, 5.74) is 21.1. The first kappa shape index (κ1) is 32.8. The summed E-state index contributed by atoms with van der Waals surface area (Å²) in [7, 11) is 0. The van der Waals surface area contributed by atoms with Gasteiger partial charge in [0.25, 0.3) is 5.37 Å². The molecule has 1 aliphatic heterocycles. The van der Waals surface area contributed by atoms with Gasteiger partial charge in [0.15, 0.2) is 5.69 Å². The second-order valence-electron chi connectivity index (χ2n) is 17.1. The molecule has 6 aromatic carbocycles. The van der Waals surface area contributed by atoms with Crippen LogP contribution >= 0.6 is 0 Å². The number of rotatable bonds is 3. The fourth-order valence-electron chi connectivity index (χ4n) is 11.6. The van der Waals surface area contributed by atoms with E-state index in [-0.39, 0.29) is 10.8 Å². The van der Waals surface area contributed by atoms with E-state index >= 15 is 0 Å². The first-order valence-corrected chi connectivity index (χ1v) is 21.5. The van der Waals surface area contributed by atoms with Crippen LogP contribution in [0.4, 0.5) is 5.69 Å². The molecule has 0 aromatic heterocycles. The van der Waals surface area contributed by atoms with Crippen LogP contribution in [0.1, 0.15) is 77.1 Å². The lowest BCUT2D eigenvalue weighted by atomic mass is 9.63. The molecule has 0 saturated heterocycles. The SMILES string of the molecule is CCc1ccc2c(c1)-c1ccccc1C21C2=C(c3c1ccc1ccccc31)C(C)CC(C1=CC3(C)c4c(ccc5c4[SH+]C(c4ccccc4)[NH2+]5)C=CC3C=C1)=C2. The average molecular weight is 740 g/mol. The van der Waals surface area contributed by atoms with E-state index in [1.807, 2.05) is 0 Å². The second kappa shape index (κ2) is 11.8. The quantitative estimate of drug-likeness (QED) is 0.106. The predicted octanol–water partition coefficient (Wildman–Crippen LogP) is 11.6. The summed E-state index contributed by atoms with van der Waals surface area (Å²) < 4.78 is 0. The zero-order valence-corrected chi connectivity index (χ0v) is 33.1. The largest absolute Gasteiger partial charge is 0.272 e. The molecular weight excluding hydrogens is 695 g/mol. The summed E-state index contributed by atoms with van der Waals surface area (Å²) in [4.78, 5) is 1.51. The van der Waals surface area contributed by atoms with Crippen LogP contribution in [0.3, 0.4) is 0 Å². The number of hydrogen-bond acceptors (Lipinski definition) is 0. The minimum absolute atomic E-state index is 0.139. The number of allylic oxidation sites excluding steroid dienone is 9. The summed E-state index contributed by atoms with van der Waals surface area (Å²) in [6.07, 6.45) is 17.2. The lowest BCUT2D eigenvalue weighted by Gasteiger charge is -2.40. The van der Waals surface area contributed by atoms with Crippen LogP contribution in [0.15, 0.2) is 173 Å². The third-order valence-corrected chi connectivity index (χ3v) is 15.6. The molecule has 1 heterocycles. The van der Waals surface area contributed by atoms with Crippen molar-refractivity contribution in [1.82, 2.24) is 0 Å². The maximum Gasteiger partial charge on any atom is 0.272 e. The number of benzene rings is 6. The summed E-state index contributed by atoms with van der Waals surface area (Å²) in [6.45, 7) is 7.29. The number of fused-ring (bicyclic) bond motifs is 16. The van der Waals surface area contributed by atoms with E-state index in [4.69, 9.17) is 0 Å². The smallest absolute Gasteiger partial charge is 0.261 e. The molecule has 0 radical (unpaired) electrons. The Morgan fingerprint density at radius 2 is 1.55 bits per heavy atom. The minimum Gasteiger partial charge on any atom is -0.261 e. The van der Waals surface area contributed by atoms with Gasteiger partial charge in [0, 0.05) is 23.0 Å². The highest BCUT2D eigenvalue weighted by molar-refractivity contribution is 7.79. The molecule has 2 heteroatoms. The Morgan fingerprint density at radius 3 is 2.45 bits per heavy atom. The van der Waals surface area contributed by atoms with E-state index in [0.29, 0.717) is 17.2 Å². The standard InChI is InChI=1S/C54H43NS/c1-4-33-18-25-44-42(29-33)41-16-10-11-17-43(41)54(44)45-26-21-34-12-8-9-15-40(34)49(45)48-32(2)28-38(30-46(48)54)37-20-24-39-23-19-35-22-27-47-51(50(35)53(39,3)31-37)56-52(55-47)36-13-6-5-7-14-36/h5-27,29-32,39,52,55H,4,28H2,1-3H3/p+2. The van der Waals surface area contributed by atoms with Gasteiger partial charge < -0.3 is 0 Å². The molecular formula is C54H45NS+2. The molecule has 0 saturated carbocycles. The van der Waals surface area contributed by atoms with Crippen molar-refractivity contribution in [2.24, 2.45) is 11.8 Å². The van der Waals surface area contributed by atoms with Crippen molar-refractivity contribution in [2.75, 3.05) is 0 Å². The molecule has 5 atom stereocenters. The lowest BCUT2D eigenvalue weighted by molar-refractivity contribution is -0.589. The van der Waals surface area contributed by atoms with Crippen molar-refractivity contribution < 1.29 is 5.32 Å². The van der Waals surface area contributed by atoms with Gasteiger partial charge in [-0.15, -0.1) is 0 Å². The minimum atomic E-state index is -0.361. The first-order chi connectivity index (χ1) is 27.5. The van der Waals surface area contributed by atoms with E-state index < -0.39 is 0 Å². The second-order valence-corrected chi connectivity index (χ2v) is 18.3. The number of aryl methyl sites for hydroxylation is 1. The van der Waals surface area contributed by atoms with Gasteiger partial charge in [-0.2, -0.15) is 0 Å². The van der Waals surface area contributed by atoms with Crippen molar-refractivity contribution >= 4 is 39.9 Å². The fraction of sp³-hybridized carbons (Fsp3) is 0.185. The van der Waals surface area contributed by atoms with Crippen LogP contribution in [0.5, 0.6) is 0 Å². The molecule has 1 nitrogen and oxygen atoms in total. The van der Waals surface area contributed by atoms with Crippen molar-refractivity contribution in [3.63, 3.8) is 0 Å². The highest BCUT2D eigenvalue weighted by atomic mass is 32.2. The van der Waals surface area contributed by atoms with Crippen LogP contribution in [0.2, 0.25) is 0 Å². The van der Waals surface area contributed by atoms with E-state index in [9.17, 15) is 0 Å². The summed E-state index contributed by atoms with van der Waals surface area (Å²) >= 11 is 1.39. The zero-order valence-electron chi connectivity index (χ0n) is 32.2. The van der Waals surface area contributed by atoms with Crippen molar-refractivity contribution in [3.8, 4) is 11.1 Å². The Labute approximate surface area is 334 Å². The maximum absolute atomic E-state index is 2.67. The van der Waals surface area contributed by atoms with Crippen molar-refractivity contribution in [1.29, 1.82) is 0 Å². The highest BCUT2D eigenvalue weighted by Crippen LogP contribution is 2.66. The predicted molar refractivity (Wildman–Crippen MR) is 235 cm³/mol. The van der Waals surface area contributed by atoms with Gasteiger partial charge in [0.2, 0.25) is 4.90 Å². The average Bonchev–Trinajstić information content (AvgIpc) is 3.90. The Balaban J connectivity index is 1.06. The van der Waals surface area contributed by atoms with Gasteiger partial charge in [0.05, 0.1) is 22.7 Å². The molecule has 2 N–H and O–H groups in total. The molecule has 6 aliphatic rings. The number of thiol groups is 1. The normalized spacial score (nSPS) is 25.9. The fourth-order valence-corrected chi connectivity index (χ4v) is 13.2. The van der Waals surface area contributed by atoms with Crippen LogP contribution in [0, 0.1) is 11.8 Å². The number of nitrogens with two attached hydrogens (primary N) is 1. The highest BCUT2D eigenvalue weighted by Gasteiger charge is 2.54. The molecule has 56 heavy (non-hydrogen) atoms. The van der Waals surface area contributed by atoms with Crippen LogP contribution in [-0.2, 0) is 29.0 Å². The van der Waals surface area contributed by atoms with Crippen LogP contribution in [0.25, 0.3) is 33.5 Å². The molecule has 5 unspecified atom stereocenters. The molecule has 5 aliphatic carbocycles. The molecule has 270 valence electrons. The van der Waals surface area contributed by atoms with Crippen LogP contribution in [-0.4, -0.2) is 0 Å². The van der Waals surface area contributed by atoms with E-state index in [2.05, 4.69) is 184 Å². The lowest BCUT2D eigenvalue weighted by Crippen LogP contribution is -2.77. The van der Waals surface area contributed by atoms with Crippen molar-refractivity contribution in [2.45, 2.75) is 54.7 Å². The Kier molecular flexibility index (Phi) is 6.91. The molecule has 0 amide bonds. The molecule has 0 fully saturated rings. The summed E-state index contributed by atoms with van der Waals surface area (Å²) in [5.74, 6) is 0.685. The Bertz CT molecular complexity index is 2870. The van der Waals surface area contributed by atoms with Gasteiger partial charge in [-0.05, 0) is 115 Å². The Hall–Kier alpha value is -5.41. The Morgan fingerprint density at radius 1 is 0.768 bits per heavy atom. The molecule has 0 bridgehead atoms. The van der Waals surface area contributed by atoms with Gasteiger partial charge in [-0.1, -0.05) is 154 Å². The van der Waals surface area contributed by atoms with E-state index in [1.165, 1.54) is 111 Å². The first-order valence-electron chi connectivity index (χ1n) is 20.6. The molecule has 12 rings (SSSR count). The third kappa shape index (κ3) is 4.27. The van der Waals surface area contributed by atoms with Crippen molar-refractivity contribution in [3.05, 3.63) is 213 Å². The van der Waals surface area contributed by atoms with Gasteiger partial charge in [-0.3, -0.25) is 5.32 Å². The van der Waals surface area contributed by atoms with E-state index in [1.54, 1.807) is 0 Å². The third-order valence-electron chi connectivity index (χ3n) is 14.2. The molecule has 1 spiro atoms. The van der Waals surface area contributed by atoms with E-state index in [0.717, 1.165) is 12.8 Å². The monoisotopic (exact) mass is 739 g/mol. The van der Waals surface area contributed by atoms with Crippen LogP contribution < -0.4 is 5.32 Å².